The second-order valence-electron chi connectivity index (χ2n) is 3.22. The SMILES string of the molecule is Nc1ccnc(Nc2cc(Br)ccc2Cl)c1. The molecule has 0 spiro atoms. The lowest BCUT2D eigenvalue weighted by Crippen LogP contribution is -1.95. The van der Waals surface area contributed by atoms with Crippen LogP contribution in [-0.4, -0.2) is 4.98 Å². The van der Waals surface area contributed by atoms with Crippen molar-refractivity contribution in [1.29, 1.82) is 0 Å². The van der Waals surface area contributed by atoms with Crippen LogP contribution in [0.1, 0.15) is 0 Å². The third-order valence-electron chi connectivity index (χ3n) is 1.98. The van der Waals surface area contributed by atoms with Crippen molar-refractivity contribution in [2.24, 2.45) is 0 Å². The summed E-state index contributed by atoms with van der Waals surface area (Å²) >= 11 is 9.42. The van der Waals surface area contributed by atoms with Gasteiger partial charge in [0.15, 0.2) is 0 Å². The minimum absolute atomic E-state index is 0.632. The smallest absolute Gasteiger partial charge is 0.132 e. The average molecular weight is 299 g/mol. The lowest BCUT2D eigenvalue weighted by Gasteiger charge is -2.08. The van der Waals surface area contributed by atoms with Crippen molar-refractivity contribution in [2.45, 2.75) is 0 Å². The van der Waals surface area contributed by atoms with Crippen molar-refractivity contribution in [3.05, 3.63) is 46.0 Å². The second-order valence-corrected chi connectivity index (χ2v) is 4.55. The summed E-state index contributed by atoms with van der Waals surface area (Å²) in [6, 6.07) is 9.04. The van der Waals surface area contributed by atoms with Gasteiger partial charge < -0.3 is 11.1 Å². The van der Waals surface area contributed by atoms with Crippen LogP contribution in [0.25, 0.3) is 0 Å². The molecule has 0 aliphatic rings. The molecule has 1 aromatic carbocycles. The van der Waals surface area contributed by atoms with E-state index >= 15 is 0 Å². The molecule has 82 valence electrons. The molecule has 0 radical (unpaired) electrons. The first-order chi connectivity index (χ1) is 7.65. The molecule has 0 aliphatic carbocycles. The van der Waals surface area contributed by atoms with Gasteiger partial charge in [-0.15, -0.1) is 0 Å². The van der Waals surface area contributed by atoms with Gasteiger partial charge in [-0.25, -0.2) is 4.98 Å². The van der Waals surface area contributed by atoms with E-state index in [1.54, 1.807) is 24.4 Å². The number of nitrogens with two attached hydrogens (primary N) is 1. The number of pyridine rings is 1. The Labute approximate surface area is 107 Å². The van der Waals surface area contributed by atoms with E-state index in [1.165, 1.54) is 0 Å². The second kappa shape index (κ2) is 4.72. The number of anilines is 3. The number of hydrogen-bond donors (Lipinski definition) is 2. The van der Waals surface area contributed by atoms with Gasteiger partial charge in [0.25, 0.3) is 0 Å². The predicted molar refractivity (Wildman–Crippen MR) is 71.1 cm³/mol. The first-order valence-corrected chi connectivity index (χ1v) is 5.76. The lowest BCUT2D eigenvalue weighted by molar-refractivity contribution is 1.31. The molecule has 3 N–H and O–H groups in total. The zero-order chi connectivity index (χ0) is 11.5. The Bertz CT molecular complexity index is 516. The molecule has 2 aromatic rings. The summed E-state index contributed by atoms with van der Waals surface area (Å²) in [5.74, 6) is 0.667. The fourth-order valence-corrected chi connectivity index (χ4v) is 1.77. The number of nitrogen functional groups attached to an aromatic ring is 1. The summed E-state index contributed by atoms with van der Waals surface area (Å²) in [7, 11) is 0. The molecular formula is C11H9BrClN3. The van der Waals surface area contributed by atoms with Crippen LogP contribution in [0.4, 0.5) is 17.2 Å². The van der Waals surface area contributed by atoms with Crippen LogP contribution in [0.15, 0.2) is 41.0 Å². The average Bonchev–Trinajstić information content (AvgIpc) is 2.24. The first-order valence-electron chi connectivity index (χ1n) is 4.59. The molecule has 16 heavy (non-hydrogen) atoms. The Morgan fingerprint density at radius 3 is 2.81 bits per heavy atom. The van der Waals surface area contributed by atoms with Crippen molar-refractivity contribution < 1.29 is 0 Å². The Morgan fingerprint density at radius 2 is 2.06 bits per heavy atom. The third-order valence-corrected chi connectivity index (χ3v) is 2.80. The largest absolute Gasteiger partial charge is 0.399 e. The highest BCUT2D eigenvalue weighted by Gasteiger charge is 2.02. The van der Waals surface area contributed by atoms with Crippen LogP contribution < -0.4 is 11.1 Å². The number of rotatable bonds is 2. The van der Waals surface area contributed by atoms with E-state index in [0.717, 1.165) is 10.2 Å². The summed E-state index contributed by atoms with van der Waals surface area (Å²) in [6.07, 6.45) is 1.64. The maximum atomic E-state index is 6.04. The van der Waals surface area contributed by atoms with E-state index in [1.807, 2.05) is 12.1 Å². The standard InChI is InChI=1S/C11H9BrClN3/c12-7-1-2-9(13)10(5-7)16-11-6-8(14)3-4-15-11/h1-6H,(H3,14,15,16). The molecule has 5 heteroatoms. The minimum atomic E-state index is 0.632. The molecule has 1 heterocycles. The Morgan fingerprint density at radius 1 is 1.25 bits per heavy atom. The quantitative estimate of drug-likeness (QED) is 0.886. The van der Waals surface area contributed by atoms with Crippen molar-refractivity contribution in [3.8, 4) is 0 Å². The van der Waals surface area contributed by atoms with Gasteiger partial charge in [-0.1, -0.05) is 27.5 Å². The Kier molecular flexibility index (Phi) is 3.31. The number of nitrogens with zero attached hydrogens (tertiary/aromatic N) is 1. The topological polar surface area (TPSA) is 50.9 Å². The van der Waals surface area contributed by atoms with Gasteiger partial charge in [-0.3, -0.25) is 0 Å². The Hall–Kier alpha value is -1.26. The van der Waals surface area contributed by atoms with Crippen LogP contribution in [0, 0.1) is 0 Å². The number of nitrogens with one attached hydrogen (secondary N) is 1. The molecule has 0 saturated heterocycles. The summed E-state index contributed by atoms with van der Waals surface area (Å²) in [6.45, 7) is 0. The van der Waals surface area contributed by atoms with Crippen molar-refractivity contribution in [3.63, 3.8) is 0 Å². The highest BCUT2D eigenvalue weighted by molar-refractivity contribution is 9.10. The van der Waals surface area contributed by atoms with Crippen molar-refractivity contribution >= 4 is 44.7 Å². The van der Waals surface area contributed by atoms with Gasteiger partial charge in [0.05, 0.1) is 10.7 Å². The van der Waals surface area contributed by atoms with Gasteiger partial charge in [0.1, 0.15) is 5.82 Å². The maximum absolute atomic E-state index is 6.04. The van der Waals surface area contributed by atoms with Crippen LogP contribution in [0.5, 0.6) is 0 Å². The predicted octanol–water partition coefficient (Wildman–Crippen LogP) is 3.82. The maximum Gasteiger partial charge on any atom is 0.132 e. The van der Waals surface area contributed by atoms with Gasteiger partial charge >= 0.3 is 0 Å². The normalized spacial score (nSPS) is 10.1. The van der Waals surface area contributed by atoms with Crippen molar-refractivity contribution in [2.75, 3.05) is 11.1 Å². The number of aromatic nitrogens is 1. The van der Waals surface area contributed by atoms with Crippen LogP contribution in [0.3, 0.4) is 0 Å². The molecule has 0 aliphatic heterocycles. The highest BCUT2D eigenvalue weighted by atomic mass is 79.9. The van der Waals surface area contributed by atoms with E-state index in [9.17, 15) is 0 Å². The van der Waals surface area contributed by atoms with E-state index < -0.39 is 0 Å². The third kappa shape index (κ3) is 2.65. The molecule has 0 bridgehead atoms. The van der Waals surface area contributed by atoms with E-state index in [4.69, 9.17) is 17.3 Å². The number of benzene rings is 1. The summed E-state index contributed by atoms with van der Waals surface area (Å²) in [5, 5.41) is 3.73. The number of halogens is 2. The molecule has 2 rings (SSSR count). The van der Waals surface area contributed by atoms with Crippen molar-refractivity contribution in [1.82, 2.24) is 4.98 Å². The summed E-state index contributed by atoms with van der Waals surface area (Å²) in [4.78, 5) is 4.14. The summed E-state index contributed by atoms with van der Waals surface area (Å²) in [5.41, 5.74) is 7.10. The molecular weight excluding hydrogens is 289 g/mol. The summed E-state index contributed by atoms with van der Waals surface area (Å²) < 4.78 is 0.948. The molecule has 0 saturated carbocycles. The highest BCUT2D eigenvalue weighted by Crippen LogP contribution is 2.28. The van der Waals surface area contributed by atoms with Gasteiger partial charge in [-0.2, -0.15) is 0 Å². The van der Waals surface area contributed by atoms with Gasteiger partial charge in [0, 0.05) is 22.4 Å². The minimum Gasteiger partial charge on any atom is -0.399 e. The monoisotopic (exact) mass is 297 g/mol. The fourth-order valence-electron chi connectivity index (χ4n) is 1.25. The Balaban J connectivity index is 2.30. The van der Waals surface area contributed by atoms with E-state index in [2.05, 4.69) is 26.2 Å². The van der Waals surface area contributed by atoms with Gasteiger partial charge in [0.2, 0.25) is 0 Å². The van der Waals surface area contributed by atoms with Gasteiger partial charge in [-0.05, 0) is 24.3 Å². The molecule has 0 unspecified atom stereocenters. The number of hydrogen-bond acceptors (Lipinski definition) is 3. The van der Waals surface area contributed by atoms with E-state index in [0.29, 0.717) is 16.5 Å². The van der Waals surface area contributed by atoms with Crippen LogP contribution in [-0.2, 0) is 0 Å². The zero-order valence-electron chi connectivity index (χ0n) is 8.24. The molecule has 0 amide bonds. The fraction of sp³-hybridized carbons (Fsp3) is 0. The van der Waals surface area contributed by atoms with E-state index in [-0.39, 0.29) is 0 Å². The molecule has 3 nitrogen and oxygen atoms in total. The lowest BCUT2D eigenvalue weighted by atomic mass is 10.3. The van der Waals surface area contributed by atoms with Crippen LogP contribution >= 0.6 is 27.5 Å². The molecule has 1 aromatic heterocycles. The van der Waals surface area contributed by atoms with Crippen LogP contribution in [0.2, 0.25) is 5.02 Å². The first kappa shape index (κ1) is 11.2. The molecule has 0 atom stereocenters. The molecule has 0 fully saturated rings. The zero-order valence-corrected chi connectivity index (χ0v) is 10.6.